The van der Waals surface area contributed by atoms with E-state index in [1.807, 2.05) is 13.8 Å². The average Bonchev–Trinajstić information content (AvgIpc) is 3.08. The fraction of sp³-hybridized carbons (Fsp3) is 0.312. The van der Waals surface area contributed by atoms with Crippen LogP contribution in [0.25, 0.3) is 0 Å². The fourth-order valence-electron chi connectivity index (χ4n) is 1.98. The molecule has 1 aromatic carbocycles. The largest absolute Gasteiger partial charge is 0.339 e. The van der Waals surface area contributed by atoms with E-state index in [4.69, 9.17) is 0 Å². The molecule has 0 radical (unpaired) electrons. The van der Waals surface area contributed by atoms with Gasteiger partial charge < -0.3 is 4.90 Å². The molecule has 0 bridgehead atoms. The highest BCUT2D eigenvalue weighted by Gasteiger charge is 2.18. The molecule has 0 spiro atoms. The number of carbonyl (C=O) groups excluding carboxylic acids is 1. The summed E-state index contributed by atoms with van der Waals surface area (Å²) in [6.07, 6.45) is 0.876. The summed E-state index contributed by atoms with van der Waals surface area (Å²) in [5, 5.41) is 1.71. The van der Waals surface area contributed by atoms with Gasteiger partial charge in [0.05, 0.1) is 0 Å². The Morgan fingerprint density at radius 2 is 1.91 bits per heavy atom. The number of thiophene rings is 1. The van der Waals surface area contributed by atoms with Crippen LogP contribution in [0.5, 0.6) is 0 Å². The maximum absolute atomic E-state index is 12.3. The highest BCUT2D eigenvalue weighted by atomic mass is 32.2. The molecule has 1 aromatic heterocycles. The zero-order valence-corrected chi connectivity index (χ0v) is 14.9. The molecule has 0 fully saturated rings. The van der Waals surface area contributed by atoms with Crippen molar-refractivity contribution in [2.75, 3.05) is 11.8 Å². The molecule has 124 valence electrons. The number of nitrogens with one attached hydrogen (secondary N) is 1. The number of anilines is 1. The molecule has 0 aliphatic rings. The SMILES string of the molecule is CCC(C)N(C)C(=O)c1ccc(NS(=O)(=O)c2cccs2)cc1. The lowest BCUT2D eigenvalue weighted by molar-refractivity contribution is 0.0740. The molecule has 23 heavy (non-hydrogen) atoms. The van der Waals surface area contributed by atoms with E-state index >= 15 is 0 Å². The van der Waals surface area contributed by atoms with Crippen molar-refractivity contribution in [2.24, 2.45) is 0 Å². The van der Waals surface area contributed by atoms with Gasteiger partial charge in [0, 0.05) is 24.3 Å². The monoisotopic (exact) mass is 352 g/mol. The van der Waals surface area contributed by atoms with Crippen molar-refractivity contribution in [3.05, 3.63) is 47.3 Å². The first-order chi connectivity index (χ1) is 10.8. The average molecular weight is 352 g/mol. The molecule has 2 rings (SSSR count). The molecule has 0 saturated carbocycles. The maximum Gasteiger partial charge on any atom is 0.271 e. The van der Waals surface area contributed by atoms with Crippen molar-refractivity contribution < 1.29 is 13.2 Å². The van der Waals surface area contributed by atoms with Crippen molar-refractivity contribution in [1.82, 2.24) is 4.90 Å². The quantitative estimate of drug-likeness (QED) is 0.866. The second-order valence-corrected chi connectivity index (χ2v) is 8.15. The number of rotatable bonds is 6. The zero-order valence-electron chi connectivity index (χ0n) is 13.3. The molecule has 7 heteroatoms. The van der Waals surface area contributed by atoms with E-state index in [-0.39, 0.29) is 16.2 Å². The van der Waals surface area contributed by atoms with Crippen molar-refractivity contribution in [3.8, 4) is 0 Å². The molecular formula is C16H20N2O3S2. The molecule has 1 amide bonds. The Kier molecular flexibility index (Phi) is 5.43. The summed E-state index contributed by atoms with van der Waals surface area (Å²) in [5.41, 5.74) is 0.966. The van der Waals surface area contributed by atoms with E-state index in [1.54, 1.807) is 53.7 Å². The van der Waals surface area contributed by atoms with Crippen LogP contribution in [-0.4, -0.2) is 32.3 Å². The van der Waals surface area contributed by atoms with Gasteiger partial charge >= 0.3 is 0 Å². The second-order valence-electron chi connectivity index (χ2n) is 5.29. The van der Waals surface area contributed by atoms with Gasteiger partial charge in [0.2, 0.25) is 0 Å². The molecule has 0 saturated heterocycles. The number of benzene rings is 1. The summed E-state index contributed by atoms with van der Waals surface area (Å²) in [4.78, 5) is 14.0. The summed E-state index contributed by atoms with van der Waals surface area (Å²) in [7, 11) is -1.80. The third-order valence-electron chi connectivity index (χ3n) is 3.72. The van der Waals surface area contributed by atoms with Gasteiger partial charge in [-0.1, -0.05) is 13.0 Å². The number of sulfonamides is 1. The highest BCUT2D eigenvalue weighted by molar-refractivity contribution is 7.94. The number of nitrogens with zero attached hydrogens (tertiary/aromatic N) is 1. The van der Waals surface area contributed by atoms with E-state index in [2.05, 4.69) is 4.72 Å². The minimum atomic E-state index is -3.56. The van der Waals surface area contributed by atoms with Gasteiger partial charge in [-0.2, -0.15) is 0 Å². The van der Waals surface area contributed by atoms with Crippen LogP contribution in [0.4, 0.5) is 5.69 Å². The van der Waals surface area contributed by atoms with Crippen LogP contribution in [0, 0.1) is 0 Å². The molecule has 1 N–H and O–H groups in total. The molecule has 2 aromatic rings. The lowest BCUT2D eigenvalue weighted by atomic mass is 10.1. The molecular weight excluding hydrogens is 332 g/mol. The first-order valence-electron chi connectivity index (χ1n) is 7.28. The lowest BCUT2D eigenvalue weighted by Gasteiger charge is -2.23. The minimum absolute atomic E-state index is 0.0768. The number of carbonyl (C=O) groups is 1. The van der Waals surface area contributed by atoms with Gasteiger partial charge in [0.15, 0.2) is 0 Å². The van der Waals surface area contributed by atoms with Gasteiger partial charge in [-0.25, -0.2) is 8.42 Å². The van der Waals surface area contributed by atoms with Crippen LogP contribution >= 0.6 is 11.3 Å². The molecule has 1 heterocycles. The summed E-state index contributed by atoms with van der Waals surface area (Å²) in [5.74, 6) is -0.0768. The smallest absolute Gasteiger partial charge is 0.271 e. The predicted molar refractivity (Wildman–Crippen MR) is 93.4 cm³/mol. The third kappa shape index (κ3) is 4.11. The van der Waals surface area contributed by atoms with Crippen molar-refractivity contribution >= 4 is 33.0 Å². The van der Waals surface area contributed by atoms with Crippen LogP contribution in [0.2, 0.25) is 0 Å². The molecule has 0 aliphatic heterocycles. The van der Waals surface area contributed by atoms with E-state index in [1.165, 1.54) is 0 Å². The normalized spacial score (nSPS) is 12.7. The second kappa shape index (κ2) is 7.14. The molecule has 0 aliphatic carbocycles. The molecule has 5 nitrogen and oxygen atoms in total. The van der Waals surface area contributed by atoms with Crippen LogP contribution in [0.1, 0.15) is 30.6 Å². The van der Waals surface area contributed by atoms with Gasteiger partial charge in [-0.05, 0) is 49.1 Å². The van der Waals surface area contributed by atoms with Gasteiger partial charge in [0.25, 0.3) is 15.9 Å². The molecule has 1 atom stereocenters. The first kappa shape index (κ1) is 17.5. The van der Waals surface area contributed by atoms with E-state index < -0.39 is 10.0 Å². The fourth-order valence-corrected chi connectivity index (χ4v) is 4.03. The van der Waals surface area contributed by atoms with Crippen LogP contribution in [0.15, 0.2) is 46.0 Å². The first-order valence-corrected chi connectivity index (χ1v) is 9.65. The van der Waals surface area contributed by atoms with Gasteiger partial charge in [0.1, 0.15) is 4.21 Å². The minimum Gasteiger partial charge on any atom is -0.339 e. The number of amides is 1. The van der Waals surface area contributed by atoms with Crippen LogP contribution < -0.4 is 4.72 Å². The van der Waals surface area contributed by atoms with Crippen molar-refractivity contribution in [2.45, 2.75) is 30.5 Å². The third-order valence-corrected chi connectivity index (χ3v) is 6.50. The van der Waals surface area contributed by atoms with E-state index in [9.17, 15) is 13.2 Å². The van der Waals surface area contributed by atoms with Crippen molar-refractivity contribution in [1.29, 1.82) is 0 Å². The highest BCUT2D eigenvalue weighted by Crippen LogP contribution is 2.21. The Bertz CT molecular complexity index is 753. The zero-order chi connectivity index (χ0) is 17.0. The van der Waals surface area contributed by atoms with Crippen LogP contribution in [-0.2, 0) is 10.0 Å². The Hall–Kier alpha value is -1.86. The number of hydrogen-bond donors (Lipinski definition) is 1. The Morgan fingerprint density at radius 3 is 2.43 bits per heavy atom. The summed E-state index contributed by atoms with van der Waals surface area (Å²) < 4.78 is 27.1. The standard InChI is InChI=1S/C16H20N2O3S2/c1-4-12(2)18(3)16(19)13-7-9-14(10-8-13)17-23(20,21)15-6-5-11-22-15/h5-12,17H,4H2,1-3H3. The summed E-state index contributed by atoms with van der Waals surface area (Å²) in [6, 6.07) is 9.85. The van der Waals surface area contributed by atoms with Gasteiger partial charge in [-0.15, -0.1) is 11.3 Å². The predicted octanol–water partition coefficient (Wildman–Crippen LogP) is 3.42. The van der Waals surface area contributed by atoms with E-state index in [0.717, 1.165) is 17.8 Å². The summed E-state index contributed by atoms with van der Waals surface area (Å²) in [6.45, 7) is 4.01. The maximum atomic E-state index is 12.3. The molecule has 1 unspecified atom stereocenters. The number of hydrogen-bond acceptors (Lipinski definition) is 4. The Balaban J connectivity index is 2.13. The Morgan fingerprint density at radius 1 is 1.26 bits per heavy atom. The van der Waals surface area contributed by atoms with Gasteiger partial charge in [-0.3, -0.25) is 9.52 Å². The Labute approximate surface area is 141 Å². The lowest BCUT2D eigenvalue weighted by Crippen LogP contribution is -2.34. The van der Waals surface area contributed by atoms with Crippen molar-refractivity contribution in [3.63, 3.8) is 0 Å². The topological polar surface area (TPSA) is 66.5 Å². The van der Waals surface area contributed by atoms with Crippen LogP contribution in [0.3, 0.4) is 0 Å². The van der Waals surface area contributed by atoms with E-state index in [0.29, 0.717) is 11.3 Å². The summed E-state index contributed by atoms with van der Waals surface area (Å²) >= 11 is 1.16.